The molecule has 1 aromatic heterocycles. The highest BCUT2D eigenvalue weighted by atomic mass is 15.4. The second-order valence-corrected chi connectivity index (χ2v) is 2.90. The first-order valence-corrected chi connectivity index (χ1v) is 3.55. The van der Waals surface area contributed by atoms with Gasteiger partial charge in [0, 0.05) is 6.54 Å². The van der Waals surface area contributed by atoms with E-state index in [1.165, 1.54) is 0 Å². The molecule has 0 radical (unpaired) electrons. The zero-order valence-electron chi connectivity index (χ0n) is 6.78. The molecule has 0 saturated heterocycles. The summed E-state index contributed by atoms with van der Waals surface area (Å²) in [7, 11) is 0. The van der Waals surface area contributed by atoms with Gasteiger partial charge in [-0.3, -0.25) is 0 Å². The fraction of sp³-hybridized carbons (Fsp3) is 0.667. The van der Waals surface area contributed by atoms with Gasteiger partial charge >= 0.3 is 0 Å². The van der Waals surface area contributed by atoms with Crippen LogP contribution in [0.2, 0.25) is 0 Å². The summed E-state index contributed by atoms with van der Waals surface area (Å²) in [5.41, 5.74) is 10.8. The van der Waals surface area contributed by atoms with Crippen molar-refractivity contribution >= 4 is 11.9 Å². The van der Waals surface area contributed by atoms with Gasteiger partial charge in [-0.2, -0.15) is 4.98 Å². The molecule has 0 amide bonds. The van der Waals surface area contributed by atoms with Crippen LogP contribution in [0, 0.1) is 5.92 Å². The molecule has 1 rings (SSSR count). The highest BCUT2D eigenvalue weighted by molar-refractivity contribution is 5.25. The van der Waals surface area contributed by atoms with E-state index in [-0.39, 0.29) is 5.95 Å². The maximum atomic E-state index is 5.50. The summed E-state index contributed by atoms with van der Waals surface area (Å²) in [5, 5.41) is 3.91. The molecule has 0 fully saturated rings. The number of nitrogen functional groups attached to an aromatic ring is 2. The molecule has 0 aliphatic heterocycles. The van der Waals surface area contributed by atoms with Crippen molar-refractivity contribution in [1.82, 2.24) is 14.8 Å². The van der Waals surface area contributed by atoms with E-state index in [4.69, 9.17) is 11.5 Å². The SMILES string of the molecule is CC(C)Cn1nc(N)nc1N. The lowest BCUT2D eigenvalue weighted by Crippen LogP contribution is -2.09. The van der Waals surface area contributed by atoms with Crippen molar-refractivity contribution in [3.8, 4) is 0 Å². The summed E-state index contributed by atoms with van der Waals surface area (Å²) in [5.74, 6) is 1.12. The number of nitrogens with zero attached hydrogens (tertiary/aromatic N) is 3. The van der Waals surface area contributed by atoms with Gasteiger partial charge in [0.15, 0.2) is 0 Å². The van der Waals surface area contributed by atoms with Crippen LogP contribution in [0.15, 0.2) is 0 Å². The molecule has 5 nitrogen and oxygen atoms in total. The molecule has 0 bridgehead atoms. The molecule has 0 aliphatic rings. The van der Waals surface area contributed by atoms with E-state index in [2.05, 4.69) is 23.9 Å². The van der Waals surface area contributed by atoms with Gasteiger partial charge in [0.05, 0.1) is 0 Å². The molecule has 1 heterocycles. The fourth-order valence-electron chi connectivity index (χ4n) is 0.853. The van der Waals surface area contributed by atoms with Gasteiger partial charge in [0.1, 0.15) is 0 Å². The molecule has 0 atom stereocenters. The lowest BCUT2D eigenvalue weighted by Gasteiger charge is -2.04. The van der Waals surface area contributed by atoms with E-state index in [0.29, 0.717) is 11.9 Å². The first kappa shape index (κ1) is 7.84. The fourth-order valence-corrected chi connectivity index (χ4v) is 0.853. The van der Waals surface area contributed by atoms with Crippen LogP contribution in [0.4, 0.5) is 11.9 Å². The smallest absolute Gasteiger partial charge is 0.241 e. The van der Waals surface area contributed by atoms with E-state index in [1.807, 2.05) is 0 Å². The van der Waals surface area contributed by atoms with Gasteiger partial charge in [-0.25, -0.2) is 4.68 Å². The number of hydrogen-bond donors (Lipinski definition) is 2. The van der Waals surface area contributed by atoms with Gasteiger partial charge in [0.2, 0.25) is 11.9 Å². The zero-order chi connectivity index (χ0) is 8.43. The van der Waals surface area contributed by atoms with Gasteiger partial charge in [0.25, 0.3) is 0 Å². The number of nitrogens with two attached hydrogens (primary N) is 2. The third kappa shape index (κ3) is 1.83. The minimum atomic E-state index is 0.239. The molecule has 0 spiro atoms. The quantitative estimate of drug-likeness (QED) is 0.634. The Morgan fingerprint density at radius 3 is 2.45 bits per heavy atom. The van der Waals surface area contributed by atoms with Crippen LogP contribution in [0.3, 0.4) is 0 Å². The van der Waals surface area contributed by atoms with Gasteiger partial charge in [-0.15, -0.1) is 5.10 Å². The Hall–Kier alpha value is -1.26. The van der Waals surface area contributed by atoms with Crippen LogP contribution in [0.1, 0.15) is 13.8 Å². The summed E-state index contributed by atoms with van der Waals surface area (Å²) >= 11 is 0. The third-order valence-corrected chi connectivity index (χ3v) is 1.25. The number of rotatable bonds is 2. The molecular formula is C6H13N5. The molecule has 62 valence electrons. The van der Waals surface area contributed by atoms with E-state index >= 15 is 0 Å². The summed E-state index contributed by atoms with van der Waals surface area (Å²) in [4.78, 5) is 3.77. The summed E-state index contributed by atoms with van der Waals surface area (Å²) in [6.07, 6.45) is 0. The van der Waals surface area contributed by atoms with Crippen LogP contribution in [0.5, 0.6) is 0 Å². The van der Waals surface area contributed by atoms with Gasteiger partial charge in [-0.1, -0.05) is 13.8 Å². The Morgan fingerprint density at radius 1 is 1.45 bits per heavy atom. The van der Waals surface area contributed by atoms with Crippen LogP contribution in [-0.2, 0) is 6.54 Å². The van der Waals surface area contributed by atoms with Crippen molar-refractivity contribution in [2.75, 3.05) is 11.5 Å². The molecule has 1 aromatic rings. The van der Waals surface area contributed by atoms with E-state index in [9.17, 15) is 0 Å². The summed E-state index contributed by atoms with van der Waals surface area (Å²) < 4.78 is 1.61. The van der Waals surface area contributed by atoms with Crippen molar-refractivity contribution in [3.05, 3.63) is 0 Å². The minimum Gasteiger partial charge on any atom is -0.368 e. The molecule has 5 heteroatoms. The Balaban J connectivity index is 2.77. The maximum Gasteiger partial charge on any atom is 0.241 e. The Morgan fingerprint density at radius 2 is 2.09 bits per heavy atom. The Kier molecular flexibility index (Phi) is 1.98. The molecule has 0 saturated carbocycles. The lowest BCUT2D eigenvalue weighted by atomic mass is 10.2. The second kappa shape index (κ2) is 2.77. The van der Waals surface area contributed by atoms with Gasteiger partial charge in [-0.05, 0) is 5.92 Å². The number of aromatic nitrogens is 3. The third-order valence-electron chi connectivity index (χ3n) is 1.25. The average molecular weight is 155 g/mol. The molecule has 11 heavy (non-hydrogen) atoms. The van der Waals surface area contributed by atoms with E-state index in [1.54, 1.807) is 4.68 Å². The number of hydrogen-bond acceptors (Lipinski definition) is 4. The van der Waals surface area contributed by atoms with Crippen molar-refractivity contribution in [1.29, 1.82) is 0 Å². The number of anilines is 2. The minimum absolute atomic E-state index is 0.239. The van der Waals surface area contributed by atoms with E-state index in [0.717, 1.165) is 6.54 Å². The van der Waals surface area contributed by atoms with Crippen LogP contribution in [-0.4, -0.2) is 14.8 Å². The van der Waals surface area contributed by atoms with Crippen LogP contribution < -0.4 is 11.5 Å². The Bertz CT molecular complexity index is 239. The first-order chi connectivity index (χ1) is 5.09. The second-order valence-electron chi connectivity index (χ2n) is 2.90. The van der Waals surface area contributed by atoms with E-state index < -0.39 is 0 Å². The highest BCUT2D eigenvalue weighted by Gasteiger charge is 2.04. The monoisotopic (exact) mass is 155 g/mol. The summed E-state index contributed by atoms with van der Waals surface area (Å²) in [6, 6.07) is 0. The summed E-state index contributed by atoms with van der Waals surface area (Å²) in [6.45, 7) is 4.92. The van der Waals surface area contributed by atoms with Crippen LogP contribution in [0.25, 0.3) is 0 Å². The topological polar surface area (TPSA) is 82.8 Å². The largest absolute Gasteiger partial charge is 0.368 e. The standard InChI is InChI=1S/C6H13N5/c1-4(2)3-11-6(8)9-5(7)10-11/h4H,3H2,1-2H3,(H4,7,8,9,10). The highest BCUT2D eigenvalue weighted by Crippen LogP contribution is 2.04. The molecular weight excluding hydrogens is 142 g/mol. The molecule has 0 aliphatic carbocycles. The molecule has 0 aromatic carbocycles. The zero-order valence-corrected chi connectivity index (χ0v) is 6.78. The van der Waals surface area contributed by atoms with Crippen molar-refractivity contribution < 1.29 is 0 Å². The van der Waals surface area contributed by atoms with Crippen molar-refractivity contribution in [2.24, 2.45) is 5.92 Å². The molecule has 0 unspecified atom stereocenters. The predicted molar refractivity (Wildman–Crippen MR) is 43.7 cm³/mol. The van der Waals surface area contributed by atoms with Crippen molar-refractivity contribution in [3.63, 3.8) is 0 Å². The van der Waals surface area contributed by atoms with Crippen LogP contribution >= 0.6 is 0 Å². The van der Waals surface area contributed by atoms with Crippen molar-refractivity contribution in [2.45, 2.75) is 20.4 Å². The lowest BCUT2D eigenvalue weighted by molar-refractivity contribution is 0.489. The van der Waals surface area contributed by atoms with Gasteiger partial charge < -0.3 is 11.5 Å². The average Bonchev–Trinajstić information content (AvgIpc) is 2.09. The molecule has 4 N–H and O–H groups in total. The maximum absolute atomic E-state index is 5.50. The predicted octanol–water partition coefficient (Wildman–Crippen LogP) is 0.0985. The first-order valence-electron chi connectivity index (χ1n) is 3.55. The Labute approximate surface area is 65.4 Å². The normalized spacial score (nSPS) is 10.8.